The number of hydrogen-bond donors (Lipinski definition) is 0. The van der Waals surface area contributed by atoms with E-state index in [0.29, 0.717) is 17.5 Å². The molecule has 5 heteroatoms. The zero-order valence-electron chi connectivity index (χ0n) is 17.9. The number of rotatable bonds is 5. The number of allylic oxidation sites excluding steroid dienone is 1. The highest BCUT2D eigenvalue weighted by atomic mass is 19.2. The first kappa shape index (κ1) is 22.0. The maximum atomic E-state index is 13.3. The van der Waals surface area contributed by atoms with Gasteiger partial charge in [0, 0.05) is 17.2 Å². The molecule has 0 radical (unpaired) electrons. The summed E-state index contributed by atoms with van der Waals surface area (Å²) < 4.78 is 31.5. The number of carbonyl (C=O) groups excluding carboxylic acids is 1. The Hall–Kier alpha value is -3.21. The van der Waals surface area contributed by atoms with Crippen LogP contribution < -0.4 is 0 Å². The van der Waals surface area contributed by atoms with Gasteiger partial charge in [-0.1, -0.05) is 66.7 Å². The van der Waals surface area contributed by atoms with Crippen molar-refractivity contribution in [3.63, 3.8) is 0 Å². The second-order valence-corrected chi connectivity index (χ2v) is 8.13. The maximum absolute atomic E-state index is 13.3. The van der Waals surface area contributed by atoms with E-state index >= 15 is 0 Å². The number of benzene rings is 3. The fraction of sp³-hybridized carbons (Fsp3) is 0.222. The normalized spacial score (nSPS) is 14.1. The van der Waals surface area contributed by atoms with Gasteiger partial charge in [0.1, 0.15) is 5.76 Å². The highest BCUT2D eigenvalue weighted by Gasteiger charge is 2.23. The van der Waals surface area contributed by atoms with Gasteiger partial charge in [-0.15, -0.1) is 0 Å². The fourth-order valence-electron chi connectivity index (χ4n) is 4.15. The van der Waals surface area contributed by atoms with Crippen molar-refractivity contribution in [2.24, 2.45) is 0 Å². The van der Waals surface area contributed by atoms with E-state index in [2.05, 4.69) is 30.3 Å². The van der Waals surface area contributed by atoms with Gasteiger partial charge < -0.3 is 4.65 Å². The molecule has 0 amide bonds. The van der Waals surface area contributed by atoms with Gasteiger partial charge in [0.25, 0.3) is 0 Å². The number of carbonyl (C=O) groups is 1. The lowest BCUT2D eigenvalue weighted by Gasteiger charge is -2.16. The quantitative estimate of drug-likeness (QED) is 0.200. The summed E-state index contributed by atoms with van der Waals surface area (Å²) in [4.78, 5) is 12.7. The molecular weight excluding hydrogens is 405 g/mol. The third-order valence-corrected chi connectivity index (χ3v) is 5.84. The van der Waals surface area contributed by atoms with Gasteiger partial charge in [-0.3, -0.25) is 4.79 Å². The smallest absolute Gasteiger partial charge is 0.505 e. The first-order valence-electron chi connectivity index (χ1n) is 11.0. The first-order chi connectivity index (χ1) is 15.6. The summed E-state index contributed by atoms with van der Waals surface area (Å²) >= 11 is 0. The monoisotopic (exact) mass is 430 g/mol. The highest BCUT2D eigenvalue weighted by Crippen LogP contribution is 2.27. The molecule has 0 N–H and O–H groups in total. The molecule has 0 spiro atoms. The molecule has 0 saturated heterocycles. The topological polar surface area (TPSA) is 26.3 Å². The van der Waals surface area contributed by atoms with E-state index in [0.717, 1.165) is 43.2 Å². The van der Waals surface area contributed by atoms with Crippen LogP contribution in [0.1, 0.15) is 51.0 Å². The van der Waals surface area contributed by atoms with Gasteiger partial charge in [0.15, 0.2) is 5.78 Å². The molecule has 0 fully saturated rings. The van der Waals surface area contributed by atoms with Crippen molar-refractivity contribution in [1.82, 2.24) is 0 Å². The summed E-state index contributed by atoms with van der Waals surface area (Å²) in [6, 6.07) is 23.3. The predicted octanol–water partition coefficient (Wildman–Crippen LogP) is 6.51. The Labute approximate surface area is 188 Å². The highest BCUT2D eigenvalue weighted by molar-refractivity contribution is 6.36. The molecule has 0 atom stereocenters. The molecule has 7 rings (SSSR count). The molecule has 0 aliphatic heterocycles. The Morgan fingerprint density at radius 2 is 1.38 bits per heavy atom. The Morgan fingerprint density at radius 3 is 2.03 bits per heavy atom. The van der Waals surface area contributed by atoms with Crippen molar-refractivity contribution in [2.75, 3.05) is 0 Å². The maximum Gasteiger partial charge on any atom is 0.796 e. The van der Waals surface area contributed by atoms with Gasteiger partial charge in [0.2, 0.25) is 0 Å². The molecule has 0 saturated carbocycles. The van der Waals surface area contributed by atoms with Crippen molar-refractivity contribution in [3.05, 3.63) is 112 Å². The van der Waals surface area contributed by atoms with E-state index in [1.807, 2.05) is 12.1 Å². The van der Waals surface area contributed by atoms with Gasteiger partial charge in [-0.05, 0) is 66.8 Å². The minimum atomic E-state index is -3.01. The third kappa shape index (κ3) is 5.73. The third-order valence-electron chi connectivity index (χ3n) is 5.84. The SMILES string of the molecule is O=C(/C=C(\OB(F)F)c1cc2ccc1CCCc1ccc(cc1)CCC2)c1ccccc1. The predicted molar refractivity (Wildman–Crippen MR) is 125 cm³/mol. The lowest BCUT2D eigenvalue weighted by Crippen LogP contribution is -2.09. The van der Waals surface area contributed by atoms with Crippen molar-refractivity contribution < 1.29 is 18.1 Å². The molecule has 3 aromatic carbocycles. The molecular formula is C27H25BF2O2. The van der Waals surface area contributed by atoms with E-state index in [4.69, 9.17) is 4.65 Å². The molecule has 2 nitrogen and oxygen atoms in total. The van der Waals surface area contributed by atoms with Crippen LogP contribution in [0.2, 0.25) is 0 Å². The van der Waals surface area contributed by atoms with E-state index in [9.17, 15) is 13.4 Å². The first-order valence-corrected chi connectivity index (χ1v) is 11.0. The minimum Gasteiger partial charge on any atom is -0.505 e. The standard InChI is InChI=1S/C27H25BF2O2/c29-28(30)32-27(19-26(31)24-9-2-1-3-10-24)25-18-22-8-4-6-20-12-14-21(15-13-20)7-5-11-23(25)17-16-22/h1-3,9-10,12-19H,4-8,11H2/b27-19-. The zero-order valence-corrected chi connectivity index (χ0v) is 17.9. The fourth-order valence-corrected chi connectivity index (χ4v) is 4.15. The molecule has 0 aromatic heterocycles. The average Bonchev–Trinajstić information content (AvgIpc) is 2.80. The zero-order chi connectivity index (χ0) is 22.3. The van der Waals surface area contributed by atoms with E-state index < -0.39 is 7.47 Å². The minimum absolute atomic E-state index is 0.0684. The lowest BCUT2D eigenvalue weighted by molar-refractivity contribution is 0.104. The molecule has 3 aromatic rings. The molecule has 0 heterocycles. The Bertz CT molecular complexity index is 1090. The van der Waals surface area contributed by atoms with Gasteiger partial charge in [0.05, 0.1) is 0 Å². The second-order valence-electron chi connectivity index (χ2n) is 8.13. The molecule has 4 bridgehead atoms. The molecule has 162 valence electrons. The Kier molecular flexibility index (Phi) is 7.15. The van der Waals surface area contributed by atoms with Gasteiger partial charge >= 0.3 is 7.47 Å². The van der Waals surface area contributed by atoms with Crippen molar-refractivity contribution >= 4 is 19.0 Å². The van der Waals surface area contributed by atoms with E-state index in [-0.39, 0.29) is 11.5 Å². The number of ketones is 1. The van der Waals surface area contributed by atoms with Crippen LogP contribution in [0.5, 0.6) is 0 Å². The number of hydrogen-bond acceptors (Lipinski definition) is 2. The molecule has 4 aliphatic rings. The molecule has 32 heavy (non-hydrogen) atoms. The summed E-state index contributed by atoms with van der Waals surface area (Å²) in [7, 11) is -3.01. The number of aryl methyl sites for hydroxylation is 4. The number of halogens is 2. The van der Waals surface area contributed by atoms with Crippen molar-refractivity contribution in [1.29, 1.82) is 0 Å². The summed E-state index contributed by atoms with van der Waals surface area (Å²) in [5.41, 5.74) is 5.55. The summed E-state index contributed by atoms with van der Waals surface area (Å²) in [5.74, 6) is -0.423. The van der Waals surface area contributed by atoms with Crippen LogP contribution in [-0.4, -0.2) is 13.3 Å². The molecule has 0 unspecified atom stereocenters. The summed E-state index contributed by atoms with van der Waals surface area (Å²) in [6.45, 7) is 0. The van der Waals surface area contributed by atoms with Crippen LogP contribution in [0.25, 0.3) is 5.76 Å². The van der Waals surface area contributed by atoms with Crippen LogP contribution >= 0.6 is 0 Å². The van der Waals surface area contributed by atoms with E-state index in [1.165, 1.54) is 17.2 Å². The van der Waals surface area contributed by atoms with Gasteiger partial charge in [-0.2, -0.15) is 0 Å². The average molecular weight is 430 g/mol. The summed E-state index contributed by atoms with van der Waals surface area (Å²) in [5, 5.41) is 0. The Balaban J connectivity index is 1.70. The molecule has 4 aliphatic carbocycles. The van der Waals surface area contributed by atoms with Crippen LogP contribution in [0.4, 0.5) is 8.63 Å². The Morgan fingerprint density at radius 1 is 0.781 bits per heavy atom. The van der Waals surface area contributed by atoms with Crippen LogP contribution in [-0.2, 0) is 30.3 Å². The van der Waals surface area contributed by atoms with Crippen molar-refractivity contribution in [3.8, 4) is 0 Å². The van der Waals surface area contributed by atoms with Crippen LogP contribution in [0, 0.1) is 0 Å². The van der Waals surface area contributed by atoms with E-state index in [1.54, 1.807) is 30.3 Å². The van der Waals surface area contributed by atoms with Gasteiger partial charge in [-0.25, -0.2) is 8.63 Å². The lowest BCUT2D eigenvalue weighted by atomic mass is 9.93. The van der Waals surface area contributed by atoms with Crippen LogP contribution in [0.15, 0.2) is 78.9 Å². The van der Waals surface area contributed by atoms with Crippen molar-refractivity contribution in [2.45, 2.75) is 38.5 Å². The second kappa shape index (κ2) is 10.4. The largest absolute Gasteiger partial charge is 0.796 e. The summed E-state index contributed by atoms with van der Waals surface area (Å²) in [6.07, 6.45) is 6.42. The van der Waals surface area contributed by atoms with Crippen LogP contribution in [0.3, 0.4) is 0 Å².